The van der Waals surface area contributed by atoms with E-state index in [2.05, 4.69) is 5.43 Å². The third-order valence-corrected chi connectivity index (χ3v) is 7.63. The van der Waals surface area contributed by atoms with Gasteiger partial charge in [-0.2, -0.15) is 5.01 Å². The van der Waals surface area contributed by atoms with Gasteiger partial charge < -0.3 is 19.3 Å². The first-order valence-corrected chi connectivity index (χ1v) is 14.5. The summed E-state index contributed by atoms with van der Waals surface area (Å²) in [6.45, 7) is 4.10. The van der Waals surface area contributed by atoms with E-state index in [1.165, 1.54) is 0 Å². The van der Waals surface area contributed by atoms with E-state index >= 15 is 0 Å². The Hall–Kier alpha value is -4.06. The van der Waals surface area contributed by atoms with Crippen LogP contribution in [-0.2, 0) is 16.2 Å². The van der Waals surface area contributed by atoms with Crippen LogP contribution in [0.5, 0.6) is 17.2 Å². The molecule has 1 unspecified atom stereocenters. The van der Waals surface area contributed by atoms with Crippen LogP contribution < -0.4 is 19.6 Å². The van der Waals surface area contributed by atoms with E-state index in [0.717, 1.165) is 22.3 Å². The van der Waals surface area contributed by atoms with Crippen molar-refractivity contribution in [2.45, 2.75) is 33.0 Å². The molecule has 2 amide bonds. The normalized spacial score (nSPS) is 14.5. The minimum Gasteiger partial charge on any atom is -0.490 e. The first kappa shape index (κ1) is 30.9. The van der Waals surface area contributed by atoms with E-state index in [1.54, 1.807) is 68.5 Å². The number of carbonyl (C=O) groups excluding carboxylic acids is 2. The van der Waals surface area contributed by atoms with Gasteiger partial charge in [-0.3, -0.25) is 15.0 Å². The van der Waals surface area contributed by atoms with Gasteiger partial charge >= 0.3 is 5.97 Å². The van der Waals surface area contributed by atoms with Gasteiger partial charge in [0.05, 0.1) is 11.5 Å². The summed E-state index contributed by atoms with van der Waals surface area (Å²) in [5, 5.41) is 11.0. The molecule has 2 N–H and O–H groups in total. The highest BCUT2D eigenvalue weighted by molar-refractivity contribution is 8.26. The van der Waals surface area contributed by atoms with Crippen molar-refractivity contribution in [3.8, 4) is 17.2 Å². The number of carbonyl (C=O) groups is 3. The fraction of sp³-hybridized carbons (Fsp3) is 0.200. The average Bonchev–Trinajstić information content (AvgIpc) is 3.23. The zero-order valence-electron chi connectivity index (χ0n) is 22.7. The number of amides is 2. The number of thioether (sulfide) groups is 1. The standard InChI is InChI=1S/C30H27ClN2O7S2/c1-3-23(29(36)37)40-24-14-9-18(15-25(24)38-4-2)16-26-28(35)33(30(41)42-26)32-27(34)19-10-12-21(13-11-19)39-17-20-7-5-6-8-22(20)31/h5-16,23H,3-4,17H2,1-2H3,(H,32,34)(H,36,37)/b26-16+. The Morgan fingerprint density at radius 2 is 1.81 bits per heavy atom. The summed E-state index contributed by atoms with van der Waals surface area (Å²) in [4.78, 5) is 37.7. The maximum atomic E-state index is 13.1. The summed E-state index contributed by atoms with van der Waals surface area (Å²) in [6, 6.07) is 18.7. The van der Waals surface area contributed by atoms with Crippen molar-refractivity contribution < 1.29 is 33.7 Å². The molecule has 0 radical (unpaired) electrons. The lowest BCUT2D eigenvalue weighted by Gasteiger charge is -2.17. The third-order valence-electron chi connectivity index (χ3n) is 5.96. The lowest BCUT2D eigenvalue weighted by molar-refractivity contribution is -0.145. The summed E-state index contributed by atoms with van der Waals surface area (Å²) in [7, 11) is 0. The highest BCUT2D eigenvalue weighted by Crippen LogP contribution is 2.35. The maximum absolute atomic E-state index is 13.1. The van der Waals surface area contributed by atoms with Gasteiger partial charge in [0.15, 0.2) is 21.9 Å². The third kappa shape index (κ3) is 7.61. The molecule has 1 fully saturated rings. The van der Waals surface area contributed by atoms with Gasteiger partial charge in [-0.1, -0.05) is 54.6 Å². The molecule has 218 valence electrons. The van der Waals surface area contributed by atoms with Crippen molar-refractivity contribution in [3.63, 3.8) is 0 Å². The van der Waals surface area contributed by atoms with Crippen molar-refractivity contribution in [1.29, 1.82) is 0 Å². The number of thiocarbonyl (C=S) groups is 1. The molecule has 1 aliphatic rings. The van der Waals surface area contributed by atoms with Gasteiger partial charge in [0.25, 0.3) is 11.8 Å². The number of carboxylic acids is 1. The molecule has 0 bridgehead atoms. The molecule has 3 aromatic carbocycles. The van der Waals surface area contributed by atoms with E-state index < -0.39 is 23.9 Å². The fourth-order valence-corrected chi connectivity index (χ4v) is 5.17. The Balaban J connectivity index is 1.41. The van der Waals surface area contributed by atoms with Crippen LogP contribution in [0.2, 0.25) is 5.02 Å². The SMILES string of the molecule is CCOc1cc(/C=C2/SC(=S)N(NC(=O)c3ccc(OCc4ccccc4Cl)cc3)C2=O)ccc1OC(CC)C(=O)O. The predicted molar refractivity (Wildman–Crippen MR) is 165 cm³/mol. The van der Waals surface area contributed by atoms with Gasteiger partial charge in [-0.15, -0.1) is 0 Å². The number of hydrogen-bond acceptors (Lipinski definition) is 8. The van der Waals surface area contributed by atoms with Crippen molar-refractivity contribution in [2.24, 2.45) is 0 Å². The molecule has 0 saturated carbocycles. The number of hydrazine groups is 1. The Bertz CT molecular complexity index is 1530. The van der Waals surface area contributed by atoms with E-state index in [0.29, 0.717) is 34.3 Å². The number of nitrogens with zero attached hydrogens (tertiary/aromatic N) is 1. The quantitative estimate of drug-likeness (QED) is 0.182. The highest BCUT2D eigenvalue weighted by Gasteiger charge is 2.34. The van der Waals surface area contributed by atoms with Crippen LogP contribution in [0.4, 0.5) is 0 Å². The predicted octanol–water partition coefficient (Wildman–Crippen LogP) is 6.11. The number of aliphatic carboxylic acids is 1. The van der Waals surface area contributed by atoms with Crippen molar-refractivity contribution in [1.82, 2.24) is 10.4 Å². The number of ether oxygens (including phenoxy) is 3. The number of nitrogens with one attached hydrogen (secondary N) is 1. The van der Waals surface area contributed by atoms with E-state index in [4.69, 9.17) is 38.0 Å². The van der Waals surface area contributed by atoms with Crippen LogP contribution in [0.25, 0.3) is 6.08 Å². The lowest BCUT2D eigenvalue weighted by atomic mass is 10.1. The van der Waals surface area contributed by atoms with Gasteiger partial charge in [0.1, 0.15) is 12.4 Å². The summed E-state index contributed by atoms with van der Waals surface area (Å²) < 4.78 is 17.2. The summed E-state index contributed by atoms with van der Waals surface area (Å²) in [5.74, 6) is -0.914. The first-order chi connectivity index (χ1) is 20.2. The second kappa shape index (κ2) is 14.2. The minimum atomic E-state index is -1.08. The second-order valence-corrected chi connectivity index (χ2v) is 10.9. The molecule has 0 spiro atoms. The van der Waals surface area contributed by atoms with Crippen molar-refractivity contribution in [3.05, 3.63) is 93.3 Å². The molecule has 3 aromatic rings. The smallest absolute Gasteiger partial charge is 0.344 e. The zero-order valence-corrected chi connectivity index (χ0v) is 25.1. The van der Waals surface area contributed by atoms with Crippen LogP contribution >= 0.6 is 35.6 Å². The van der Waals surface area contributed by atoms with E-state index in [1.807, 2.05) is 18.2 Å². The van der Waals surface area contributed by atoms with Crippen molar-refractivity contribution in [2.75, 3.05) is 6.61 Å². The molecule has 9 nitrogen and oxygen atoms in total. The summed E-state index contributed by atoms with van der Waals surface area (Å²) >= 11 is 12.5. The molecule has 1 aliphatic heterocycles. The molecule has 0 aromatic heterocycles. The largest absolute Gasteiger partial charge is 0.490 e. The monoisotopic (exact) mass is 626 g/mol. The van der Waals surface area contributed by atoms with E-state index in [9.17, 15) is 19.5 Å². The number of rotatable bonds is 12. The molecule has 42 heavy (non-hydrogen) atoms. The minimum absolute atomic E-state index is 0.163. The molecule has 12 heteroatoms. The summed E-state index contributed by atoms with van der Waals surface area (Å²) in [6.07, 6.45) is 0.863. The van der Waals surface area contributed by atoms with Crippen LogP contribution in [0, 0.1) is 0 Å². The maximum Gasteiger partial charge on any atom is 0.344 e. The van der Waals surface area contributed by atoms with Gasteiger partial charge in [-0.05, 0) is 79.7 Å². The Labute approximate surface area is 257 Å². The number of hydrogen-bond donors (Lipinski definition) is 2. The number of benzene rings is 3. The Morgan fingerprint density at radius 3 is 2.48 bits per heavy atom. The average molecular weight is 627 g/mol. The van der Waals surface area contributed by atoms with E-state index in [-0.39, 0.29) is 28.0 Å². The highest BCUT2D eigenvalue weighted by atomic mass is 35.5. The lowest BCUT2D eigenvalue weighted by Crippen LogP contribution is -2.44. The molecule has 1 heterocycles. The van der Waals surface area contributed by atoms with Gasteiger partial charge in [0, 0.05) is 16.1 Å². The summed E-state index contributed by atoms with van der Waals surface area (Å²) in [5.41, 5.74) is 4.31. The van der Waals surface area contributed by atoms with Crippen LogP contribution in [0.1, 0.15) is 41.8 Å². The number of carboxylic acid groups (broad SMARTS) is 1. The molecular formula is C30H27ClN2O7S2. The topological polar surface area (TPSA) is 114 Å². The molecule has 0 aliphatic carbocycles. The fourth-order valence-electron chi connectivity index (χ4n) is 3.80. The Morgan fingerprint density at radius 1 is 1.07 bits per heavy atom. The molecule has 4 rings (SSSR count). The molecule has 1 atom stereocenters. The second-order valence-electron chi connectivity index (χ2n) is 8.85. The van der Waals surface area contributed by atoms with Crippen LogP contribution in [0.3, 0.4) is 0 Å². The molecule has 1 saturated heterocycles. The van der Waals surface area contributed by atoms with Crippen molar-refractivity contribution >= 4 is 63.8 Å². The zero-order chi connectivity index (χ0) is 30.2. The first-order valence-electron chi connectivity index (χ1n) is 12.9. The molecular weight excluding hydrogens is 600 g/mol. The Kier molecular flexibility index (Phi) is 10.5. The number of halogens is 1. The van der Waals surface area contributed by atoms with Crippen LogP contribution in [0.15, 0.2) is 71.6 Å². The van der Waals surface area contributed by atoms with Gasteiger partial charge in [0.2, 0.25) is 0 Å². The van der Waals surface area contributed by atoms with Crippen LogP contribution in [-0.4, -0.2) is 44.9 Å². The van der Waals surface area contributed by atoms with Gasteiger partial charge in [-0.25, -0.2) is 4.79 Å².